The molecule has 0 N–H and O–H groups in total. The maximum absolute atomic E-state index is 5.16. The molecule has 2 heteroatoms. The van der Waals surface area contributed by atoms with Gasteiger partial charge in [-0.15, -0.1) is 0 Å². The highest BCUT2D eigenvalue weighted by molar-refractivity contribution is 6.12. The average molecular weight is 585 g/mol. The molecule has 0 aliphatic rings. The Balaban J connectivity index is 1.61. The highest BCUT2D eigenvalue weighted by Gasteiger charge is 2.18. The van der Waals surface area contributed by atoms with Gasteiger partial charge < -0.3 is 0 Å². The molecule has 3 aromatic carbocycles. The summed E-state index contributed by atoms with van der Waals surface area (Å²) < 4.78 is 0. The Morgan fingerprint density at radius 1 is 0.500 bits per heavy atom. The lowest BCUT2D eigenvalue weighted by atomic mass is 9.88. The third-order valence-corrected chi connectivity index (χ3v) is 9.82. The molecule has 230 valence electrons. The molecule has 2 unspecified atom stereocenters. The summed E-state index contributed by atoms with van der Waals surface area (Å²) in [5.74, 6) is 1.58. The fourth-order valence-corrected chi connectivity index (χ4v) is 7.32. The standard InChI is InChI=1S/C42H52N2/c1-7-15-31(9-3)21-23-33-17-11-13-19-35(33)39-27-29(5)43-41-37(39)25-26-38-40(28-30(6)44-42(38)41)36-20-14-12-18-34(36)24-22-32(10-4)16-8-2/h11-14,17-20,25-28,31-32H,7-10,15-16,21-24H2,1-6H3. The van der Waals surface area contributed by atoms with Crippen LogP contribution in [0.4, 0.5) is 0 Å². The highest BCUT2D eigenvalue weighted by atomic mass is 14.8. The number of benzene rings is 3. The Morgan fingerprint density at radius 2 is 0.909 bits per heavy atom. The number of nitrogens with zero attached hydrogens (tertiary/aromatic N) is 2. The van der Waals surface area contributed by atoms with E-state index >= 15 is 0 Å². The van der Waals surface area contributed by atoms with E-state index in [9.17, 15) is 0 Å². The summed E-state index contributed by atoms with van der Waals surface area (Å²) >= 11 is 0. The number of pyridine rings is 2. The van der Waals surface area contributed by atoms with Gasteiger partial charge in [0.15, 0.2) is 0 Å². The zero-order valence-corrected chi connectivity index (χ0v) is 28.0. The summed E-state index contributed by atoms with van der Waals surface area (Å²) in [7, 11) is 0. The molecule has 0 saturated carbocycles. The Labute approximate surface area is 266 Å². The van der Waals surface area contributed by atoms with Gasteiger partial charge in [-0.3, -0.25) is 9.97 Å². The third-order valence-electron chi connectivity index (χ3n) is 9.82. The summed E-state index contributed by atoms with van der Waals surface area (Å²) in [5, 5.41) is 2.39. The van der Waals surface area contributed by atoms with Crippen molar-refractivity contribution >= 4 is 21.8 Å². The largest absolute Gasteiger partial charge is 0.251 e. The van der Waals surface area contributed by atoms with Crippen LogP contribution >= 0.6 is 0 Å². The molecule has 0 aliphatic carbocycles. The molecule has 2 nitrogen and oxygen atoms in total. The Kier molecular flexibility index (Phi) is 10.9. The smallest absolute Gasteiger partial charge is 0.0974 e. The summed E-state index contributed by atoms with van der Waals surface area (Å²) in [6.07, 6.45) is 12.4. The van der Waals surface area contributed by atoms with Gasteiger partial charge in [0.1, 0.15) is 0 Å². The van der Waals surface area contributed by atoms with Crippen molar-refractivity contribution in [2.24, 2.45) is 11.8 Å². The average Bonchev–Trinajstić information content (AvgIpc) is 3.04. The van der Waals surface area contributed by atoms with Gasteiger partial charge in [0.05, 0.1) is 11.0 Å². The fourth-order valence-electron chi connectivity index (χ4n) is 7.32. The quantitative estimate of drug-likeness (QED) is 0.121. The van der Waals surface area contributed by atoms with Crippen molar-refractivity contribution in [3.8, 4) is 22.3 Å². The van der Waals surface area contributed by atoms with Crippen LogP contribution in [0.25, 0.3) is 44.1 Å². The molecule has 44 heavy (non-hydrogen) atoms. The summed E-state index contributed by atoms with van der Waals surface area (Å²) in [6.45, 7) is 13.6. The number of rotatable bonds is 14. The summed E-state index contributed by atoms with van der Waals surface area (Å²) in [5.41, 5.74) is 12.2. The van der Waals surface area contributed by atoms with Gasteiger partial charge in [-0.05, 0) is 96.9 Å². The van der Waals surface area contributed by atoms with Crippen LogP contribution in [-0.2, 0) is 12.8 Å². The molecule has 0 bridgehead atoms. The second-order valence-electron chi connectivity index (χ2n) is 13.0. The highest BCUT2D eigenvalue weighted by Crippen LogP contribution is 2.39. The van der Waals surface area contributed by atoms with Crippen LogP contribution in [-0.4, -0.2) is 9.97 Å². The molecule has 5 rings (SSSR count). The minimum absolute atomic E-state index is 0.792. The lowest BCUT2D eigenvalue weighted by Gasteiger charge is -2.18. The van der Waals surface area contributed by atoms with Gasteiger partial charge >= 0.3 is 0 Å². The molecule has 0 aliphatic heterocycles. The second kappa shape index (κ2) is 15.0. The van der Waals surface area contributed by atoms with Crippen LogP contribution in [0.15, 0.2) is 72.8 Å². The number of aryl methyl sites for hydroxylation is 4. The van der Waals surface area contributed by atoms with Crippen molar-refractivity contribution in [2.75, 3.05) is 0 Å². The van der Waals surface area contributed by atoms with E-state index in [1.54, 1.807) is 0 Å². The van der Waals surface area contributed by atoms with Crippen LogP contribution in [0, 0.1) is 25.7 Å². The number of fused-ring (bicyclic) bond motifs is 3. The van der Waals surface area contributed by atoms with Crippen LogP contribution in [0.1, 0.15) is 102 Å². The summed E-state index contributed by atoms with van der Waals surface area (Å²) in [4.78, 5) is 10.3. The molecular weight excluding hydrogens is 532 g/mol. The number of hydrogen-bond donors (Lipinski definition) is 0. The monoisotopic (exact) mass is 584 g/mol. The molecule has 0 saturated heterocycles. The van der Waals surface area contributed by atoms with E-state index in [-0.39, 0.29) is 0 Å². The van der Waals surface area contributed by atoms with Crippen molar-refractivity contribution in [3.05, 3.63) is 95.3 Å². The lowest BCUT2D eigenvalue weighted by Crippen LogP contribution is -2.02. The van der Waals surface area contributed by atoms with Crippen molar-refractivity contribution < 1.29 is 0 Å². The molecule has 0 spiro atoms. The Bertz CT molecular complexity index is 1570. The molecule has 2 atom stereocenters. The van der Waals surface area contributed by atoms with E-state index in [4.69, 9.17) is 9.97 Å². The summed E-state index contributed by atoms with van der Waals surface area (Å²) in [6, 6.07) is 27.2. The maximum atomic E-state index is 5.16. The van der Waals surface area contributed by atoms with E-state index in [0.29, 0.717) is 0 Å². The van der Waals surface area contributed by atoms with E-state index in [0.717, 1.165) is 47.1 Å². The Morgan fingerprint density at radius 3 is 1.30 bits per heavy atom. The third kappa shape index (κ3) is 7.06. The first-order valence-corrected chi connectivity index (χ1v) is 17.3. The van der Waals surface area contributed by atoms with Crippen molar-refractivity contribution in [1.29, 1.82) is 0 Å². The first-order valence-electron chi connectivity index (χ1n) is 17.3. The molecular formula is C42H52N2. The van der Waals surface area contributed by atoms with E-state index in [1.807, 2.05) is 0 Å². The maximum Gasteiger partial charge on any atom is 0.0974 e. The van der Waals surface area contributed by atoms with Gasteiger partial charge in [-0.1, -0.05) is 127 Å². The molecule has 0 amide bonds. The van der Waals surface area contributed by atoms with Gasteiger partial charge in [0, 0.05) is 22.2 Å². The predicted molar refractivity (Wildman–Crippen MR) is 191 cm³/mol. The van der Waals surface area contributed by atoms with Crippen molar-refractivity contribution in [1.82, 2.24) is 9.97 Å². The van der Waals surface area contributed by atoms with Crippen LogP contribution in [0.5, 0.6) is 0 Å². The van der Waals surface area contributed by atoms with Crippen LogP contribution in [0.3, 0.4) is 0 Å². The second-order valence-corrected chi connectivity index (χ2v) is 13.0. The van der Waals surface area contributed by atoms with Gasteiger partial charge in [-0.25, -0.2) is 0 Å². The fraction of sp³-hybridized carbons (Fsp3) is 0.429. The molecule has 2 aromatic heterocycles. The minimum Gasteiger partial charge on any atom is -0.251 e. The first kappa shape index (κ1) is 31.9. The molecule has 0 fully saturated rings. The van der Waals surface area contributed by atoms with Gasteiger partial charge in [-0.2, -0.15) is 0 Å². The van der Waals surface area contributed by atoms with Crippen LogP contribution < -0.4 is 0 Å². The predicted octanol–water partition coefficient (Wildman–Crippen LogP) is 12.3. The number of aromatic nitrogens is 2. The molecule has 0 radical (unpaired) electrons. The number of hydrogen-bond acceptors (Lipinski definition) is 2. The van der Waals surface area contributed by atoms with Crippen molar-refractivity contribution in [2.45, 2.75) is 106 Å². The van der Waals surface area contributed by atoms with Gasteiger partial charge in [0.2, 0.25) is 0 Å². The van der Waals surface area contributed by atoms with Crippen LogP contribution in [0.2, 0.25) is 0 Å². The normalized spacial score (nSPS) is 13.0. The zero-order valence-electron chi connectivity index (χ0n) is 28.0. The topological polar surface area (TPSA) is 25.8 Å². The molecule has 2 heterocycles. The van der Waals surface area contributed by atoms with Gasteiger partial charge in [0.25, 0.3) is 0 Å². The van der Waals surface area contributed by atoms with Crippen molar-refractivity contribution in [3.63, 3.8) is 0 Å². The van der Waals surface area contributed by atoms with E-state index in [1.165, 1.54) is 95.5 Å². The zero-order chi connectivity index (χ0) is 31.1. The lowest BCUT2D eigenvalue weighted by molar-refractivity contribution is 0.432. The van der Waals surface area contributed by atoms with E-state index < -0.39 is 0 Å². The minimum atomic E-state index is 0.792. The SMILES string of the molecule is CCCC(CC)CCc1ccccc1-c1cc(C)nc2c1ccc1c(-c3ccccc3CCC(CC)CCC)cc(C)nc12. The molecule has 5 aromatic rings. The van der Waals surface area contributed by atoms with E-state index in [2.05, 4.69) is 114 Å². The Hall–Kier alpha value is -3.52. The first-order chi connectivity index (χ1) is 21.5.